The Morgan fingerprint density at radius 2 is 2.28 bits per heavy atom. The van der Waals surface area contributed by atoms with Crippen molar-refractivity contribution in [1.29, 1.82) is 0 Å². The molecular weight excluding hydrogens is 228 g/mol. The molecule has 1 aliphatic rings. The summed E-state index contributed by atoms with van der Waals surface area (Å²) < 4.78 is 5.71. The maximum Gasteiger partial charge on any atom is 0.222 e. The van der Waals surface area contributed by atoms with Crippen molar-refractivity contribution in [3.05, 3.63) is 23.9 Å². The Morgan fingerprint density at radius 3 is 2.94 bits per heavy atom. The van der Waals surface area contributed by atoms with Gasteiger partial charge in [-0.05, 0) is 19.4 Å². The van der Waals surface area contributed by atoms with Gasteiger partial charge in [0, 0.05) is 18.2 Å². The number of aromatic nitrogens is 1. The average molecular weight is 248 g/mol. The van der Waals surface area contributed by atoms with Gasteiger partial charge in [0.05, 0.1) is 13.1 Å². The van der Waals surface area contributed by atoms with Crippen LogP contribution in [0.1, 0.15) is 31.9 Å². The Morgan fingerprint density at radius 1 is 1.50 bits per heavy atom. The zero-order chi connectivity index (χ0) is 13.0. The molecule has 4 heteroatoms. The molecule has 18 heavy (non-hydrogen) atoms. The minimum atomic E-state index is 0.102. The summed E-state index contributed by atoms with van der Waals surface area (Å²) >= 11 is 0. The van der Waals surface area contributed by atoms with Crippen LogP contribution in [0.5, 0.6) is 5.88 Å². The highest BCUT2D eigenvalue weighted by molar-refractivity contribution is 5.77. The van der Waals surface area contributed by atoms with Crippen LogP contribution in [0.4, 0.5) is 0 Å². The van der Waals surface area contributed by atoms with E-state index in [2.05, 4.69) is 11.9 Å². The number of rotatable bonds is 5. The predicted molar refractivity (Wildman–Crippen MR) is 69.5 cm³/mol. The van der Waals surface area contributed by atoms with E-state index >= 15 is 0 Å². The molecular formula is C14H20N2O2. The maximum absolute atomic E-state index is 11.7. The van der Waals surface area contributed by atoms with Crippen molar-refractivity contribution in [2.24, 2.45) is 0 Å². The van der Waals surface area contributed by atoms with Crippen LogP contribution in [0, 0.1) is 6.92 Å². The van der Waals surface area contributed by atoms with E-state index < -0.39 is 0 Å². The highest BCUT2D eigenvalue weighted by Gasteiger charge is 2.31. The summed E-state index contributed by atoms with van der Waals surface area (Å²) in [6.07, 6.45) is 2.80. The van der Waals surface area contributed by atoms with Crippen LogP contribution in [0.3, 0.4) is 0 Å². The number of unbranched alkanes of at least 4 members (excludes halogenated alkanes) is 1. The van der Waals surface area contributed by atoms with Crippen molar-refractivity contribution in [2.75, 3.05) is 13.1 Å². The minimum absolute atomic E-state index is 0.102. The number of hydrogen-bond acceptors (Lipinski definition) is 3. The largest absolute Gasteiger partial charge is 0.471 e. The summed E-state index contributed by atoms with van der Waals surface area (Å²) in [5.41, 5.74) is 0.947. The van der Waals surface area contributed by atoms with Crippen LogP contribution < -0.4 is 4.74 Å². The number of nitrogens with zero attached hydrogens (tertiary/aromatic N) is 2. The van der Waals surface area contributed by atoms with Gasteiger partial charge >= 0.3 is 0 Å². The van der Waals surface area contributed by atoms with Crippen molar-refractivity contribution >= 4 is 5.91 Å². The summed E-state index contributed by atoms with van der Waals surface area (Å²) in [6, 6.07) is 5.73. The van der Waals surface area contributed by atoms with Gasteiger partial charge in [-0.25, -0.2) is 4.98 Å². The highest BCUT2D eigenvalue weighted by atomic mass is 16.5. The molecule has 1 amide bonds. The molecule has 0 N–H and O–H groups in total. The van der Waals surface area contributed by atoms with Crippen LogP contribution in [0.2, 0.25) is 0 Å². The molecule has 0 saturated carbocycles. The Bertz CT molecular complexity index is 414. The number of ether oxygens (including phenoxy) is 1. The second kappa shape index (κ2) is 5.85. The third-order valence-electron chi connectivity index (χ3n) is 3.10. The summed E-state index contributed by atoms with van der Waals surface area (Å²) in [6.45, 7) is 5.42. The van der Waals surface area contributed by atoms with E-state index in [9.17, 15) is 4.79 Å². The first kappa shape index (κ1) is 12.9. The molecule has 2 heterocycles. The first-order valence-corrected chi connectivity index (χ1v) is 6.57. The molecule has 1 saturated heterocycles. The summed E-state index contributed by atoms with van der Waals surface area (Å²) in [4.78, 5) is 17.8. The summed E-state index contributed by atoms with van der Waals surface area (Å²) in [5.74, 6) is 0.898. The van der Waals surface area contributed by atoms with Crippen molar-refractivity contribution in [2.45, 2.75) is 39.2 Å². The van der Waals surface area contributed by atoms with Crippen LogP contribution in [-0.4, -0.2) is 35.0 Å². The molecule has 0 radical (unpaired) electrons. The minimum Gasteiger partial charge on any atom is -0.471 e. The fraction of sp³-hybridized carbons (Fsp3) is 0.571. The van der Waals surface area contributed by atoms with Crippen LogP contribution in [0.25, 0.3) is 0 Å². The van der Waals surface area contributed by atoms with E-state index in [0.717, 1.165) is 18.5 Å². The summed E-state index contributed by atoms with van der Waals surface area (Å²) in [5, 5.41) is 0. The summed E-state index contributed by atoms with van der Waals surface area (Å²) in [7, 11) is 0. The van der Waals surface area contributed by atoms with Gasteiger partial charge in [0.2, 0.25) is 11.8 Å². The van der Waals surface area contributed by atoms with E-state index in [0.29, 0.717) is 25.4 Å². The van der Waals surface area contributed by atoms with E-state index in [1.165, 1.54) is 0 Å². The number of likely N-dealkylation sites (tertiary alicyclic amines) is 1. The zero-order valence-electron chi connectivity index (χ0n) is 11.1. The molecule has 1 aliphatic heterocycles. The van der Waals surface area contributed by atoms with Gasteiger partial charge in [0.15, 0.2) is 0 Å². The molecule has 0 atom stereocenters. The molecule has 98 valence electrons. The van der Waals surface area contributed by atoms with Crippen molar-refractivity contribution < 1.29 is 9.53 Å². The van der Waals surface area contributed by atoms with Gasteiger partial charge in [-0.2, -0.15) is 0 Å². The van der Waals surface area contributed by atoms with Crippen LogP contribution in [0.15, 0.2) is 18.2 Å². The van der Waals surface area contributed by atoms with Gasteiger partial charge < -0.3 is 9.64 Å². The van der Waals surface area contributed by atoms with Crippen molar-refractivity contribution in [3.63, 3.8) is 0 Å². The van der Waals surface area contributed by atoms with Gasteiger partial charge in [0.1, 0.15) is 6.10 Å². The van der Waals surface area contributed by atoms with Crippen LogP contribution >= 0.6 is 0 Å². The Labute approximate surface area is 108 Å². The fourth-order valence-corrected chi connectivity index (χ4v) is 1.96. The number of aryl methyl sites for hydroxylation is 1. The number of carbonyl (C=O) groups is 1. The first-order valence-electron chi connectivity index (χ1n) is 6.57. The first-order chi connectivity index (χ1) is 8.69. The van der Waals surface area contributed by atoms with E-state index in [1.54, 1.807) is 0 Å². The molecule has 0 unspecified atom stereocenters. The van der Waals surface area contributed by atoms with Crippen molar-refractivity contribution in [3.8, 4) is 5.88 Å². The standard InChI is InChI=1S/C14H20N2O2/c1-3-4-8-14(17)16-9-12(10-16)18-13-7-5-6-11(2)15-13/h5-7,12H,3-4,8-10H2,1-2H3. The number of pyridine rings is 1. The monoisotopic (exact) mass is 248 g/mol. The Hall–Kier alpha value is -1.58. The van der Waals surface area contributed by atoms with E-state index in [-0.39, 0.29) is 12.0 Å². The molecule has 1 aromatic heterocycles. The van der Waals surface area contributed by atoms with Crippen molar-refractivity contribution in [1.82, 2.24) is 9.88 Å². The van der Waals surface area contributed by atoms with Gasteiger partial charge in [-0.15, -0.1) is 0 Å². The second-order valence-electron chi connectivity index (χ2n) is 4.76. The van der Waals surface area contributed by atoms with Gasteiger partial charge in [-0.3, -0.25) is 4.79 Å². The molecule has 2 rings (SSSR count). The fourth-order valence-electron chi connectivity index (χ4n) is 1.96. The molecule has 1 fully saturated rings. The quantitative estimate of drug-likeness (QED) is 0.802. The molecule has 0 aromatic carbocycles. The zero-order valence-corrected chi connectivity index (χ0v) is 11.1. The Kier molecular flexibility index (Phi) is 4.18. The molecule has 0 bridgehead atoms. The number of carbonyl (C=O) groups excluding carboxylic acids is 1. The lowest BCUT2D eigenvalue weighted by molar-refractivity contribution is -0.140. The predicted octanol–water partition coefficient (Wildman–Crippen LogP) is 2.17. The molecule has 0 aliphatic carbocycles. The molecule has 1 aromatic rings. The van der Waals surface area contributed by atoms with Gasteiger partial charge in [0.25, 0.3) is 0 Å². The smallest absolute Gasteiger partial charge is 0.222 e. The highest BCUT2D eigenvalue weighted by Crippen LogP contribution is 2.17. The second-order valence-corrected chi connectivity index (χ2v) is 4.76. The van der Waals surface area contributed by atoms with E-state index in [1.807, 2.05) is 30.0 Å². The number of hydrogen-bond donors (Lipinski definition) is 0. The van der Waals surface area contributed by atoms with Gasteiger partial charge in [-0.1, -0.05) is 19.4 Å². The molecule has 4 nitrogen and oxygen atoms in total. The average Bonchev–Trinajstić information content (AvgIpc) is 2.30. The topological polar surface area (TPSA) is 42.4 Å². The third kappa shape index (κ3) is 3.22. The van der Waals surface area contributed by atoms with Crippen LogP contribution in [-0.2, 0) is 4.79 Å². The lowest BCUT2D eigenvalue weighted by Crippen LogP contribution is -2.56. The SMILES string of the molecule is CCCCC(=O)N1CC(Oc2cccc(C)n2)C1. The maximum atomic E-state index is 11.7. The lowest BCUT2D eigenvalue weighted by Gasteiger charge is -2.38. The van der Waals surface area contributed by atoms with E-state index in [4.69, 9.17) is 4.74 Å². The normalized spacial score (nSPS) is 15.3. The Balaban J connectivity index is 1.74. The molecule has 0 spiro atoms. The lowest BCUT2D eigenvalue weighted by atomic mass is 10.1. The number of amides is 1. The third-order valence-corrected chi connectivity index (χ3v) is 3.10.